The molecule has 2 heterocycles. The highest BCUT2D eigenvalue weighted by Gasteiger charge is 2.35. The van der Waals surface area contributed by atoms with Gasteiger partial charge in [-0.2, -0.15) is 0 Å². The molecule has 0 fully saturated rings. The van der Waals surface area contributed by atoms with Crippen LogP contribution in [0.15, 0.2) is 66.9 Å². The first-order valence-electron chi connectivity index (χ1n) is 10.5. The zero-order chi connectivity index (χ0) is 23.4. The van der Waals surface area contributed by atoms with Crippen LogP contribution in [0.4, 0.5) is 5.69 Å². The van der Waals surface area contributed by atoms with Gasteiger partial charge in [0, 0.05) is 13.0 Å². The molecule has 0 bridgehead atoms. The van der Waals surface area contributed by atoms with Gasteiger partial charge in [-0.1, -0.05) is 37.3 Å². The average molecular weight is 445 g/mol. The summed E-state index contributed by atoms with van der Waals surface area (Å²) in [6.45, 7) is 3.07. The fourth-order valence-electron chi connectivity index (χ4n) is 3.53. The number of Topliss-reactive ketones (excluding diaryl/α,β-unsaturated/α-hetero) is 1. The fourth-order valence-corrected chi connectivity index (χ4v) is 3.53. The second-order valence-corrected chi connectivity index (χ2v) is 7.71. The van der Waals surface area contributed by atoms with Crippen molar-refractivity contribution < 1.29 is 23.9 Å². The highest BCUT2D eigenvalue weighted by molar-refractivity contribution is 6.02. The summed E-state index contributed by atoms with van der Waals surface area (Å²) in [5, 5.41) is 5.04. The molecular weight excluding hydrogens is 422 g/mol. The Morgan fingerprint density at radius 1 is 1.09 bits per heavy atom. The van der Waals surface area contributed by atoms with Crippen molar-refractivity contribution in [1.29, 1.82) is 0 Å². The number of nitrogens with zero attached hydrogens (tertiary/aromatic N) is 1. The molecule has 2 unspecified atom stereocenters. The number of hydrogen-bond acceptors (Lipinski definition) is 6. The molecule has 168 valence electrons. The van der Waals surface area contributed by atoms with Crippen molar-refractivity contribution in [3.05, 3.63) is 78.0 Å². The molecule has 3 aromatic rings. The SMILES string of the molecule is CC(=O)NCC(=O)Nc1ccc(Oc2ccc3c(c2)C(=O)C(C)C(c2ccccc2)O3)nc1. The lowest BCUT2D eigenvalue weighted by molar-refractivity contribution is -0.122. The third-order valence-corrected chi connectivity index (χ3v) is 5.21. The number of ketones is 1. The van der Waals surface area contributed by atoms with Crippen LogP contribution < -0.4 is 20.1 Å². The first-order valence-corrected chi connectivity index (χ1v) is 10.5. The lowest BCUT2D eigenvalue weighted by atomic mass is 9.87. The monoisotopic (exact) mass is 445 g/mol. The normalized spacial score (nSPS) is 16.8. The number of nitrogens with one attached hydrogen (secondary N) is 2. The predicted molar refractivity (Wildman–Crippen MR) is 121 cm³/mol. The number of pyridine rings is 1. The summed E-state index contributed by atoms with van der Waals surface area (Å²) in [6, 6.07) is 18.0. The highest BCUT2D eigenvalue weighted by Crippen LogP contribution is 2.40. The summed E-state index contributed by atoms with van der Waals surface area (Å²) in [5.41, 5.74) is 1.89. The minimum atomic E-state index is -0.364. The van der Waals surface area contributed by atoms with Gasteiger partial charge in [0.25, 0.3) is 0 Å². The average Bonchev–Trinajstić information content (AvgIpc) is 2.82. The number of rotatable bonds is 6. The van der Waals surface area contributed by atoms with Crippen molar-refractivity contribution in [3.63, 3.8) is 0 Å². The van der Waals surface area contributed by atoms with E-state index in [1.54, 1.807) is 30.3 Å². The number of aromatic nitrogens is 1. The van der Waals surface area contributed by atoms with Crippen molar-refractivity contribution >= 4 is 23.3 Å². The van der Waals surface area contributed by atoms with Crippen molar-refractivity contribution in [2.45, 2.75) is 20.0 Å². The van der Waals surface area contributed by atoms with Crippen LogP contribution in [0.3, 0.4) is 0 Å². The molecule has 0 radical (unpaired) electrons. The topological polar surface area (TPSA) is 107 Å². The van der Waals surface area contributed by atoms with E-state index in [0.717, 1.165) is 5.56 Å². The summed E-state index contributed by atoms with van der Waals surface area (Å²) in [7, 11) is 0. The minimum Gasteiger partial charge on any atom is -0.484 e. The summed E-state index contributed by atoms with van der Waals surface area (Å²) < 4.78 is 11.9. The van der Waals surface area contributed by atoms with Gasteiger partial charge < -0.3 is 20.1 Å². The number of carbonyl (C=O) groups excluding carboxylic acids is 3. The number of anilines is 1. The highest BCUT2D eigenvalue weighted by atomic mass is 16.5. The van der Waals surface area contributed by atoms with Gasteiger partial charge in [-0.25, -0.2) is 4.98 Å². The van der Waals surface area contributed by atoms with Gasteiger partial charge in [0.1, 0.15) is 17.6 Å². The van der Waals surface area contributed by atoms with E-state index >= 15 is 0 Å². The van der Waals surface area contributed by atoms with Crippen molar-refractivity contribution in [1.82, 2.24) is 10.3 Å². The molecule has 2 atom stereocenters. The molecule has 0 saturated heterocycles. The summed E-state index contributed by atoms with van der Waals surface area (Å²) in [5.74, 6) is 0.266. The second-order valence-electron chi connectivity index (χ2n) is 7.71. The molecular formula is C25H23N3O5. The largest absolute Gasteiger partial charge is 0.484 e. The molecule has 0 spiro atoms. The zero-order valence-corrected chi connectivity index (χ0v) is 18.2. The van der Waals surface area contributed by atoms with Crippen LogP contribution in [0, 0.1) is 5.92 Å². The molecule has 0 saturated carbocycles. The van der Waals surface area contributed by atoms with Crippen molar-refractivity contribution in [2.24, 2.45) is 5.92 Å². The minimum absolute atomic E-state index is 0.0132. The molecule has 1 aliphatic heterocycles. The van der Waals surface area contributed by atoms with Gasteiger partial charge in [0.15, 0.2) is 5.78 Å². The molecule has 8 nitrogen and oxygen atoms in total. The molecule has 1 aliphatic rings. The van der Waals surface area contributed by atoms with Gasteiger partial charge >= 0.3 is 0 Å². The summed E-state index contributed by atoms with van der Waals surface area (Å²) >= 11 is 0. The van der Waals surface area contributed by atoms with Crippen LogP contribution >= 0.6 is 0 Å². The van der Waals surface area contributed by atoms with Gasteiger partial charge in [-0.15, -0.1) is 0 Å². The third kappa shape index (κ3) is 5.17. The predicted octanol–water partition coefficient (Wildman–Crippen LogP) is 3.90. The number of ether oxygens (including phenoxy) is 2. The Hall–Kier alpha value is -4.20. The fraction of sp³-hybridized carbons (Fsp3) is 0.200. The number of benzene rings is 2. The van der Waals surface area contributed by atoms with E-state index in [0.29, 0.717) is 28.6 Å². The maximum atomic E-state index is 13.0. The van der Waals surface area contributed by atoms with E-state index in [9.17, 15) is 14.4 Å². The van der Waals surface area contributed by atoms with Crippen LogP contribution in [-0.2, 0) is 9.59 Å². The Morgan fingerprint density at radius 3 is 2.58 bits per heavy atom. The third-order valence-electron chi connectivity index (χ3n) is 5.21. The molecule has 8 heteroatoms. The molecule has 4 rings (SSSR count). The summed E-state index contributed by atoms with van der Waals surface area (Å²) in [6.07, 6.45) is 1.10. The van der Waals surface area contributed by atoms with Gasteiger partial charge in [0.2, 0.25) is 17.7 Å². The van der Waals surface area contributed by atoms with Crippen LogP contribution in [0.2, 0.25) is 0 Å². The van der Waals surface area contributed by atoms with Crippen molar-refractivity contribution in [3.8, 4) is 17.4 Å². The van der Waals surface area contributed by atoms with Crippen LogP contribution in [-0.4, -0.2) is 29.1 Å². The molecule has 2 N–H and O–H groups in total. The Labute approximate surface area is 190 Å². The Bertz CT molecular complexity index is 1180. The number of carbonyl (C=O) groups is 3. The van der Waals surface area contributed by atoms with Gasteiger partial charge in [0.05, 0.1) is 29.9 Å². The lowest BCUT2D eigenvalue weighted by Crippen LogP contribution is -2.31. The van der Waals surface area contributed by atoms with Crippen LogP contribution in [0.5, 0.6) is 17.4 Å². The van der Waals surface area contributed by atoms with E-state index < -0.39 is 0 Å². The van der Waals surface area contributed by atoms with Gasteiger partial charge in [-0.05, 0) is 29.8 Å². The molecule has 0 aliphatic carbocycles. The van der Waals surface area contributed by atoms with E-state index in [1.807, 2.05) is 37.3 Å². The van der Waals surface area contributed by atoms with Crippen LogP contribution in [0.1, 0.15) is 35.9 Å². The Morgan fingerprint density at radius 2 is 1.88 bits per heavy atom. The Balaban J connectivity index is 1.44. The standard InChI is InChI=1S/C25H23N3O5/c1-15-24(31)20-12-19(9-10-21(20)33-25(15)17-6-4-3-5-7-17)32-23-11-8-18(13-27-23)28-22(30)14-26-16(2)29/h3-13,15,25H,14H2,1-2H3,(H,26,29)(H,28,30). The van der Waals surface area contributed by atoms with Crippen molar-refractivity contribution in [2.75, 3.05) is 11.9 Å². The lowest BCUT2D eigenvalue weighted by Gasteiger charge is -2.31. The van der Waals surface area contributed by atoms with Gasteiger partial charge in [-0.3, -0.25) is 14.4 Å². The maximum Gasteiger partial charge on any atom is 0.243 e. The number of fused-ring (bicyclic) bond motifs is 1. The summed E-state index contributed by atoms with van der Waals surface area (Å²) in [4.78, 5) is 39.9. The Kier molecular flexibility index (Phi) is 6.35. The van der Waals surface area contributed by atoms with E-state index in [-0.39, 0.29) is 36.2 Å². The quantitative estimate of drug-likeness (QED) is 0.596. The van der Waals surface area contributed by atoms with E-state index in [1.165, 1.54) is 13.1 Å². The van der Waals surface area contributed by atoms with E-state index in [4.69, 9.17) is 9.47 Å². The molecule has 33 heavy (non-hydrogen) atoms. The molecule has 2 aromatic carbocycles. The van der Waals surface area contributed by atoms with E-state index in [2.05, 4.69) is 15.6 Å². The van der Waals surface area contributed by atoms with Crippen LogP contribution in [0.25, 0.3) is 0 Å². The first kappa shape index (κ1) is 22.0. The first-order chi connectivity index (χ1) is 15.9. The zero-order valence-electron chi connectivity index (χ0n) is 18.2. The number of amides is 2. The smallest absolute Gasteiger partial charge is 0.243 e. The molecule has 2 amide bonds. The number of hydrogen-bond donors (Lipinski definition) is 2. The second kappa shape index (κ2) is 9.52. The molecule has 1 aromatic heterocycles. The maximum absolute atomic E-state index is 13.0.